The molecule has 0 fully saturated rings. The summed E-state index contributed by atoms with van der Waals surface area (Å²) >= 11 is 12.5. The molecule has 7 heteroatoms. The van der Waals surface area contributed by atoms with Crippen molar-refractivity contribution < 1.29 is 4.79 Å². The molecule has 1 N–H and O–H groups in total. The number of carbonyl (C=O) groups is 1. The van der Waals surface area contributed by atoms with E-state index in [0.717, 1.165) is 29.9 Å². The van der Waals surface area contributed by atoms with E-state index in [1.807, 2.05) is 59.8 Å². The quantitative estimate of drug-likeness (QED) is 0.465. The number of carbonyl (C=O) groups excluding carboxylic acids is 1. The van der Waals surface area contributed by atoms with Crippen molar-refractivity contribution in [3.8, 4) is 0 Å². The lowest BCUT2D eigenvalue weighted by molar-refractivity contribution is -0.127. The maximum atomic E-state index is 13.8. The first-order valence-corrected chi connectivity index (χ1v) is 11.5. The Bertz CT molecular complexity index is 1140. The molecular weight excluding hydrogens is 443 g/mol. The van der Waals surface area contributed by atoms with E-state index in [2.05, 4.69) is 22.5 Å². The fourth-order valence-corrected chi connectivity index (χ4v) is 4.47. The van der Waals surface area contributed by atoms with Gasteiger partial charge in [0.05, 0.1) is 21.8 Å². The monoisotopic (exact) mass is 468 g/mol. The summed E-state index contributed by atoms with van der Waals surface area (Å²) in [4.78, 5) is 15.7. The molecule has 0 saturated heterocycles. The van der Waals surface area contributed by atoms with Gasteiger partial charge in [-0.25, -0.2) is 4.68 Å². The highest BCUT2D eigenvalue weighted by molar-refractivity contribution is 6.42. The number of hydrogen-bond donors (Lipinski definition) is 1. The molecule has 0 aliphatic carbocycles. The lowest BCUT2D eigenvalue weighted by Gasteiger charge is -2.33. The first-order chi connectivity index (χ1) is 15.5. The average molecular weight is 469 g/mol. The number of halogens is 2. The summed E-state index contributed by atoms with van der Waals surface area (Å²) in [5.74, 6) is 0.838. The highest BCUT2D eigenvalue weighted by Crippen LogP contribution is 2.38. The molecule has 0 spiro atoms. The Kier molecular flexibility index (Phi) is 6.87. The number of benzene rings is 2. The van der Waals surface area contributed by atoms with E-state index in [1.54, 1.807) is 12.3 Å². The maximum Gasteiger partial charge on any atom is 0.254 e. The molecule has 0 radical (unpaired) electrons. The number of likely N-dealkylation sites (N-methyl/N-ethyl adjacent to an activating group) is 1. The summed E-state index contributed by atoms with van der Waals surface area (Å²) in [5.41, 5.74) is 3.64. The summed E-state index contributed by atoms with van der Waals surface area (Å²) in [6.45, 7) is 5.26. The van der Waals surface area contributed by atoms with Gasteiger partial charge in [-0.05, 0) is 49.9 Å². The molecule has 1 aromatic heterocycles. The molecule has 1 aliphatic heterocycles. The van der Waals surface area contributed by atoms with E-state index < -0.39 is 0 Å². The van der Waals surface area contributed by atoms with E-state index in [-0.39, 0.29) is 11.9 Å². The van der Waals surface area contributed by atoms with E-state index in [4.69, 9.17) is 23.2 Å². The van der Waals surface area contributed by atoms with E-state index in [0.29, 0.717) is 28.7 Å². The van der Waals surface area contributed by atoms with Crippen LogP contribution in [0.2, 0.25) is 10.0 Å². The van der Waals surface area contributed by atoms with Crippen molar-refractivity contribution in [2.45, 2.75) is 32.7 Å². The average Bonchev–Trinajstić information content (AvgIpc) is 3.26. The van der Waals surface area contributed by atoms with Gasteiger partial charge >= 0.3 is 0 Å². The van der Waals surface area contributed by atoms with Crippen molar-refractivity contribution in [1.29, 1.82) is 0 Å². The van der Waals surface area contributed by atoms with Crippen molar-refractivity contribution in [3.05, 3.63) is 93.2 Å². The fourth-order valence-electron chi connectivity index (χ4n) is 4.17. The van der Waals surface area contributed by atoms with Gasteiger partial charge in [-0.15, -0.1) is 0 Å². The van der Waals surface area contributed by atoms with Crippen LogP contribution in [0.4, 0.5) is 5.82 Å². The van der Waals surface area contributed by atoms with Crippen LogP contribution in [0.5, 0.6) is 0 Å². The second-order valence-electron chi connectivity index (χ2n) is 7.87. The lowest BCUT2D eigenvalue weighted by Crippen LogP contribution is -2.38. The van der Waals surface area contributed by atoms with Gasteiger partial charge in [-0.3, -0.25) is 4.79 Å². The summed E-state index contributed by atoms with van der Waals surface area (Å²) in [6.07, 6.45) is 3.55. The van der Waals surface area contributed by atoms with Crippen LogP contribution in [-0.4, -0.2) is 33.7 Å². The molecule has 2 heterocycles. The van der Waals surface area contributed by atoms with Gasteiger partial charge < -0.3 is 10.2 Å². The smallest absolute Gasteiger partial charge is 0.254 e. The maximum absolute atomic E-state index is 13.8. The Labute approximate surface area is 198 Å². The van der Waals surface area contributed by atoms with E-state index in [1.165, 1.54) is 5.56 Å². The number of anilines is 1. The number of amides is 1. The van der Waals surface area contributed by atoms with Crippen molar-refractivity contribution >= 4 is 34.9 Å². The number of fused-ring (bicyclic) bond motifs is 1. The first-order valence-electron chi connectivity index (χ1n) is 10.8. The summed E-state index contributed by atoms with van der Waals surface area (Å²) < 4.78 is 1.83. The minimum atomic E-state index is -0.383. The molecule has 4 rings (SSSR count). The minimum Gasteiger partial charge on any atom is -0.344 e. The molecule has 32 heavy (non-hydrogen) atoms. The van der Waals surface area contributed by atoms with Crippen LogP contribution in [0, 0.1) is 0 Å². The number of nitrogens with one attached hydrogen (secondary N) is 1. The highest BCUT2D eigenvalue weighted by Gasteiger charge is 2.34. The first kappa shape index (κ1) is 22.4. The Balaban J connectivity index is 1.62. The molecule has 1 unspecified atom stereocenters. The zero-order valence-corrected chi connectivity index (χ0v) is 19.7. The van der Waals surface area contributed by atoms with Crippen LogP contribution in [0.15, 0.2) is 72.1 Å². The van der Waals surface area contributed by atoms with Crippen LogP contribution in [0.25, 0.3) is 0 Å². The van der Waals surface area contributed by atoms with E-state index >= 15 is 0 Å². The van der Waals surface area contributed by atoms with E-state index in [9.17, 15) is 4.79 Å². The van der Waals surface area contributed by atoms with Gasteiger partial charge in [-0.1, -0.05) is 59.6 Å². The van der Waals surface area contributed by atoms with Gasteiger partial charge in [-0.2, -0.15) is 5.10 Å². The lowest BCUT2D eigenvalue weighted by atomic mass is 9.94. The molecule has 1 amide bonds. The highest BCUT2D eigenvalue weighted by atomic mass is 35.5. The van der Waals surface area contributed by atoms with Gasteiger partial charge in [0.15, 0.2) is 0 Å². The Hall–Kier alpha value is -2.76. The Morgan fingerprint density at radius 3 is 2.62 bits per heavy atom. The third kappa shape index (κ3) is 4.54. The number of nitrogens with zero attached hydrogens (tertiary/aromatic N) is 3. The number of aromatic nitrogens is 2. The third-order valence-corrected chi connectivity index (χ3v) is 6.54. The van der Waals surface area contributed by atoms with Gasteiger partial charge in [0.25, 0.3) is 5.91 Å². The topological polar surface area (TPSA) is 50.2 Å². The van der Waals surface area contributed by atoms with Crippen LogP contribution < -0.4 is 5.32 Å². The molecule has 1 atom stereocenters. The number of allylic oxidation sites excluding steroid dienone is 1. The molecule has 5 nitrogen and oxygen atoms in total. The normalized spacial score (nSPS) is 15.3. The minimum absolute atomic E-state index is 0.00258. The molecule has 0 saturated carbocycles. The molecule has 166 valence electrons. The number of rotatable bonds is 7. The molecular formula is C25H26Cl2N4O. The van der Waals surface area contributed by atoms with Gasteiger partial charge in [0.2, 0.25) is 0 Å². The van der Waals surface area contributed by atoms with Crippen molar-refractivity contribution in [2.24, 2.45) is 0 Å². The summed E-state index contributed by atoms with van der Waals surface area (Å²) in [6, 6.07) is 17.3. The summed E-state index contributed by atoms with van der Waals surface area (Å²) in [7, 11) is 0. The van der Waals surface area contributed by atoms with Crippen LogP contribution in [0.3, 0.4) is 0 Å². The molecule has 0 bridgehead atoms. The van der Waals surface area contributed by atoms with Crippen LogP contribution in [0.1, 0.15) is 37.4 Å². The standard InChI is InChI=1S/C25H26Cl2N4O/c1-3-30(15-7-10-18-8-5-4-6-9-18)25(32)23-17(2)29-22-13-14-28-31(22)24(23)19-11-12-20(26)21(27)16-19/h4-6,8-9,11-14,16,24,29H,3,7,10,15H2,1-2H3. The zero-order valence-electron chi connectivity index (χ0n) is 18.2. The Morgan fingerprint density at radius 1 is 1.12 bits per heavy atom. The second-order valence-corrected chi connectivity index (χ2v) is 8.69. The van der Waals surface area contributed by atoms with Crippen molar-refractivity contribution in [2.75, 3.05) is 18.4 Å². The predicted octanol–water partition coefficient (Wildman–Crippen LogP) is 5.96. The van der Waals surface area contributed by atoms with Crippen LogP contribution >= 0.6 is 23.2 Å². The summed E-state index contributed by atoms with van der Waals surface area (Å²) in [5, 5.41) is 8.76. The van der Waals surface area contributed by atoms with Gasteiger partial charge in [0, 0.05) is 24.9 Å². The SMILES string of the molecule is CCN(CCCc1ccccc1)C(=O)C1=C(C)Nc2ccnn2C1c1ccc(Cl)c(Cl)c1. The third-order valence-electron chi connectivity index (χ3n) is 5.80. The molecule has 1 aliphatic rings. The fraction of sp³-hybridized carbons (Fsp3) is 0.280. The zero-order chi connectivity index (χ0) is 22.7. The Morgan fingerprint density at radius 2 is 1.91 bits per heavy atom. The van der Waals surface area contributed by atoms with Crippen molar-refractivity contribution in [3.63, 3.8) is 0 Å². The van der Waals surface area contributed by atoms with Crippen molar-refractivity contribution in [1.82, 2.24) is 14.7 Å². The van der Waals surface area contributed by atoms with Gasteiger partial charge in [0.1, 0.15) is 11.9 Å². The predicted molar refractivity (Wildman–Crippen MR) is 130 cm³/mol. The second kappa shape index (κ2) is 9.80. The van der Waals surface area contributed by atoms with Crippen LogP contribution in [-0.2, 0) is 11.2 Å². The number of hydrogen-bond acceptors (Lipinski definition) is 3. The molecule has 2 aromatic carbocycles. The number of aryl methyl sites for hydroxylation is 1. The largest absolute Gasteiger partial charge is 0.344 e. The molecule has 3 aromatic rings.